The van der Waals surface area contributed by atoms with Crippen LogP contribution in [0.2, 0.25) is 0 Å². The van der Waals surface area contributed by atoms with E-state index in [-0.39, 0.29) is 0 Å². The Kier molecular flexibility index (Phi) is 8.83. The Bertz CT molecular complexity index is 144. The molecule has 0 amide bonds. The summed E-state index contributed by atoms with van der Waals surface area (Å²) in [5.41, 5.74) is 0. The molecule has 1 unspecified atom stereocenters. The molecular weight excluding hydrogens is 198 g/mol. The van der Waals surface area contributed by atoms with Gasteiger partial charge in [0, 0.05) is 12.6 Å². The van der Waals surface area contributed by atoms with Gasteiger partial charge in [0.25, 0.3) is 0 Å². The SMILES string of the molecule is CCCCCCCCCNC1CCCOC1. The van der Waals surface area contributed by atoms with Gasteiger partial charge >= 0.3 is 0 Å². The molecule has 1 fully saturated rings. The van der Waals surface area contributed by atoms with Crippen LogP contribution in [-0.4, -0.2) is 25.8 Å². The molecule has 1 aliphatic heterocycles. The smallest absolute Gasteiger partial charge is 0.0619 e. The van der Waals surface area contributed by atoms with Crippen LogP contribution in [-0.2, 0) is 4.74 Å². The quantitative estimate of drug-likeness (QED) is 0.609. The number of unbranched alkanes of at least 4 members (excludes halogenated alkanes) is 6. The summed E-state index contributed by atoms with van der Waals surface area (Å²) in [7, 11) is 0. The van der Waals surface area contributed by atoms with E-state index in [1.54, 1.807) is 0 Å². The van der Waals surface area contributed by atoms with Crippen molar-refractivity contribution in [1.29, 1.82) is 0 Å². The molecule has 1 heterocycles. The fourth-order valence-electron chi connectivity index (χ4n) is 2.29. The highest BCUT2D eigenvalue weighted by Crippen LogP contribution is 2.08. The first-order valence-corrected chi connectivity index (χ1v) is 7.24. The van der Waals surface area contributed by atoms with Crippen LogP contribution in [0.15, 0.2) is 0 Å². The van der Waals surface area contributed by atoms with Gasteiger partial charge in [-0.1, -0.05) is 45.4 Å². The molecule has 16 heavy (non-hydrogen) atoms. The van der Waals surface area contributed by atoms with Crippen molar-refractivity contribution < 1.29 is 4.74 Å². The maximum atomic E-state index is 5.44. The van der Waals surface area contributed by atoms with Crippen LogP contribution in [0.1, 0.15) is 64.7 Å². The van der Waals surface area contributed by atoms with E-state index >= 15 is 0 Å². The highest BCUT2D eigenvalue weighted by atomic mass is 16.5. The van der Waals surface area contributed by atoms with Crippen molar-refractivity contribution in [1.82, 2.24) is 5.32 Å². The molecule has 0 saturated carbocycles. The normalized spacial score (nSPS) is 21.2. The van der Waals surface area contributed by atoms with Gasteiger partial charge in [0.05, 0.1) is 6.61 Å². The van der Waals surface area contributed by atoms with Gasteiger partial charge in [-0.25, -0.2) is 0 Å². The summed E-state index contributed by atoms with van der Waals surface area (Å²) in [5, 5.41) is 3.60. The van der Waals surface area contributed by atoms with E-state index in [0.717, 1.165) is 13.2 Å². The Labute approximate surface area is 101 Å². The molecular formula is C14H29NO. The lowest BCUT2D eigenvalue weighted by atomic mass is 10.1. The third kappa shape index (κ3) is 7.24. The van der Waals surface area contributed by atoms with Crippen LogP contribution >= 0.6 is 0 Å². The minimum Gasteiger partial charge on any atom is -0.380 e. The van der Waals surface area contributed by atoms with Crippen LogP contribution in [0, 0.1) is 0 Å². The van der Waals surface area contributed by atoms with Crippen LogP contribution in [0.4, 0.5) is 0 Å². The van der Waals surface area contributed by atoms with Gasteiger partial charge in [0.2, 0.25) is 0 Å². The van der Waals surface area contributed by atoms with Crippen molar-refractivity contribution in [3.8, 4) is 0 Å². The number of hydrogen-bond donors (Lipinski definition) is 1. The highest BCUT2D eigenvalue weighted by Gasteiger charge is 2.11. The molecule has 0 spiro atoms. The summed E-state index contributed by atoms with van der Waals surface area (Å²) in [6.07, 6.45) is 12.3. The van der Waals surface area contributed by atoms with E-state index in [2.05, 4.69) is 12.2 Å². The molecule has 0 aromatic rings. The molecule has 1 aliphatic rings. The summed E-state index contributed by atoms with van der Waals surface area (Å²) in [5.74, 6) is 0. The molecule has 0 radical (unpaired) electrons. The second kappa shape index (κ2) is 10.1. The van der Waals surface area contributed by atoms with Gasteiger partial charge in [-0.2, -0.15) is 0 Å². The van der Waals surface area contributed by atoms with E-state index in [0.29, 0.717) is 6.04 Å². The molecule has 0 bridgehead atoms. The van der Waals surface area contributed by atoms with Crippen molar-refractivity contribution >= 4 is 0 Å². The molecule has 0 aromatic heterocycles. The predicted molar refractivity (Wildman–Crippen MR) is 69.8 cm³/mol. The third-order valence-corrected chi connectivity index (χ3v) is 3.37. The number of hydrogen-bond acceptors (Lipinski definition) is 2. The van der Waals surface area contributed by atoms with E-state index in [1.807, 2.05) is 0 Å². The second-order valence-corrected chi connectivity index (χ2v) is 4.99. The first kappa shape index (κ1) is 14.0. The van der Waals surface area contributed by atoms with Gasteiger partial charge in [-0.15, -0.1) is 0 Å². The number of nitrogens with one attached hydrogen (secondary N) is 1. The Hall–Kier alpha value is -0.0800. The van der Waals surface area contributed by atoms with E-state index in [4.69, 9.17) is 4.74 Å². The van der Waals surface area contributed by atoms with Crippen LogP contribution in [0.25, 0.3) is 0 Å². The molecule has 2 heteroatoms. The van der Waals surface area contributed by atoms with Gasteiger partial charge in [-0.3, -0.25) is 0 Å². The van der Waals surface area contributed by atoms with E-state index in [1.165, 1.54) is 64.3 Å². The average molecular weight is 227 g/mol. The Morgan fingerprint density at radius 1 is 1.06 bits per heavy atom. The zero-order valence-electron chi connectivity index (χ0n) is 11.0. The molecule has 0 aromatic carbocycles. The summed E-state index contributed by atoms with van der Waals surface area (Å²) in [4.78, 5) is 0. The molecule has 1 N–H and O–H groups in total. The second-order valence-electron chi connectivity index (χ2n) is 4.99. The van der Waals surface area contributed by atoms with Gasteiger partial charge in [0.15, 0.2) is 0 Å². The van der Waals surface area contributed by atoms with Crippen molar-refractivity contribution in [2.45, 2.75) is 70.8 Å². The lowest BCUT2D eigenvalue weighted by molar-refractivity contribution is 0.0704. The van der Waals surface area contributed by atoms with Crippen LogP contribution in [0.5, 0.6) is 0 Å². The zero-order chi connectivity index (χ0) is 11.5. The monoisotopic (exact) mass is 227 g/mol. The fourth-order valence-corrected chi connectivity index (χ4v) is 2.29. The Balaban J connectivity index is 1.77. The molecule has 1 saturated heterocycles. The predicted octanol–water partition coefficient (Wildman–Crippen LogP) is 3.51. The first-order chi connectivity index (χ1) is 7.93. The van der Waals surface area contributed by atoms with Gasteiger partial charge in [-0.05, 0) is 25.8 Å². The summed E-state index contributed by atoms with van der Waals surface area (Å²) < 4.78 is 5.44. The molecule has 2 nitrogen and oxygen atoms in total. The molecule has 96 valence electrons. The van der Waals surface area contributed by atoms with Crippen molar-refractivity contribution in [3.63, 3.8) is 0 Å². The van der Waals surface area contributed by atoms with E-state index < -0.39 is 0 Å². The van der Waals surface area contributed by atoms with Gasteiger partial charge < -0.3 is 10.1 Å². The number of ether oxygens (including phenoxy) is 1. The summed E-state index contributed by atoms with van der Waals surface area (Å²) in [6, 6.07) is 0.633. The van der Waals surface area contributed by atoms with Gasteiger partial charge in [0.1, 0.15) is 0 Å². The molecule has 0 aliphatic carbocycles. The lowest BCUT2D eigenvalue weighted by Gasteiger charge is -2.23. The molecule has 1 atom stereocenters. The maximum Gasteiger partial charge on any atom is 0.0619 e. The Morgan fingerprint density at radius 3 is 2.50 bits per heavy atom. The third-order valence-electron chi connectivity index (χ3n) is 3.37. The number of rotatable bonds is 9. The van der Waals surface area contributed by atoms with Crippen LogP contribution < -0.4 is 5.32 Å². The Morgan fingerprint density at radius 2 is 1.81 bits per heavy atom. The molecule has 1 rings (SSSR count). The zero-order valence-corrected chi connectivity index (χ0v) is 11.0. The summed E-state index contributed by atoms with van der Waals surface area (Å²) >= 11 is 0. The average Bonchev–Trinajstić information content (AvgIpc) is 2.34. The lowest BCUT2D eigenvalue weighted by Crippen LogP contribution is -2.37. The minimum atomic E-state index is 0.633. The first-order valence-electron chi connectivity index (χ1n) is 7.24. The summed E-state index contributed by atoms with van der Waals surface area (Å²) in [6.45, 7) is 5.35. The van der Waals surface area contributed by atoms with E-state index in [9.17, 15) is 0 Å². The van der Waals surface area contributed by atoms with Crippen molar-refractivity contribution in [2.24, 2.45) is 0 Å². The van der Waals surface area contributed by atoms with Crippen LogP contribution in [0.3, 0.4) is 0 Å². The standard InChI is InChI=1S/C14H29NO/c1-2-3-4-5-6-7-8-11-15-14-10-9-12-16-13-14/h14-15H,2-13H2,1H3. The minimum absolute atomic E-state index is 0.633. The van der Waals surface area contributed by atoms with Crippen molar-refractivity contribution in [3.05, 3.63) is 0 Å². The topological polar surface area (TPSA) is 21.3 Å². The highest BCUT2D eigenvalue weighted by molar-refractivity contribution is 4.69. The van der Waals surface area contributed by atoms with Crippen molar-refractivity contribution in [2.75, 3.05) is 19.8 Å². The maximum absolute atomic E-state index is 5.44. The largest absolute Gasteiger partial charge is 0.380 e. The fraction of sp³-hybridized carbons (Fsp3) is 1.00.